The molecular formula is C24H30N2O7S. The lowest BCUT2D eigenvalue weighted by Gasteiger charge is -2.31. The number of benzene rings is 2. The van der Waals surface area contributed by atoms with Crippen molar-refractivity contribution < 1.29 is 32.2 Å². The van der Waals surface area contributed by atoms with Crippen molar-refractivity contribution >= 4 is 15.9 Å². The van der Waals surface area contributed by atoms with Crippen LogP contribution in [-0.4, -0.2) is 59.2 Å². The van der Waals surface area contributed by atoms with Gasteiger partial charge >= 0.3 is 0 Å². The quantitative estimate of drug-likeness (QED) is 0.637. The summed E-state index contributed by atoms with van der Waals surface area (Å²) < 4.78 is 49.3. The molecule has 0 saturated carbocycles. The predicted molar refractivity (Wildman–Crippen MR) is 125 cm³/mol. The average molecular weight is 491 g/mol. The van der Waals surface area contributed by atoms with Crippen molar-refractivity contribution in [2.75, 3.05) is 40.5 Å². The summed E-state index contributed by atoms with van der Waals surface area (Å²) in [5, 5.41) is 3.05. The van der Waals surface area contributed by atoms with Gasteiger partial charge in [-0.3, -0.25) is 4.79 Å². The number of ether oxygens (including phenoxy) is 4. The minimum Gasteiger partial charge on any atom is -0.493 e. The van der Waals surface area contributed by atoms with Gasteiger partial charge in [0, 0.05) is 25.1 Å². The smallest absolute Gasteiger partial charge is 0.243 e. The van der Waals surface area contributed by atoms with Gasteiger partial charge in [0.2, 0.25) is 15.9 Å². The average Bonchev–Trinajstić information content (AvgIpc) is 2.87. The Labute approximate surface area is 200 Å². The zero-order valence-corrected chi connectivity index (χ0v) is 20.4. The van der Waals surface area contributed by atoms with E-state index in [1.54, 1.807) is 6.07 Å². The topological polar surface area (TPSA) is 103 Å². The van der Waals surface area contributed by atoms with Gasteiger partial charge in [0.05, 0.1) is 25.2 Å². The summed E-state index contributed by atoms with van der Waals surface area (Å²) >= 11 is 0. The molecule has 1 amide bonds. The van der Waals surface area contributed by atoms with Crippen molar-refractivity contribution in [2.45, 2.75) is 30.7 Å². The van der Waals surface area contributed by atoms with E-state index in [1.807, 2.05) is 25.1 Å². The van der Waals surface area contributed by atoms with Crippen LogP contribution < -0.4 is 24.3 Å². The summed E-state index contributed by atoms with van der Waals surface area (Å²) in [7, 11) is -0.744. The zero-order valence-electron chi connectivity index (χ0n) is 19.6. The van der Waals surface area contributed by atoms with Gasteiger partial charge in [-0.05, 0) is 49.6 Å². The number of hydrogen-bond donors (Lipinski definition) is 1. The highest BCUT2D eigenvalue weighted by Gasteiger charge is 2.33. The summed E-state index contributed by atoms with van der Waals surface area (Å²) in [6.45, 7) is 3.49. The molecule has 1 fully saturated rings. The molecule has 184 valence electrons. The number of methoxy groups -OCH3 is 2. The minimum absolute atomic E-state index is 0.0782. The Morgan fingerprint density at radius 1 is 1.00 bits per heavy atom. The summed E-state index contributed by atoms with van der Waals surface area (Å²) in [6, 6.07) is 9.98. The van der Waals surface area contributed by atoms with E-state index in [0.29, 0.717) is 49.1 Å². The van der Waals surface area contributed by atoms with Gasteiger partial charge in [-0.15, -0.1) is 0 Å². The van der Waals surface area contributed by atoms with Crippen LogP contribution in [0.2, 0.25) is 0 Å². The maximum atomic E-state index is 13.1. The van der Waals surface area contributed by atoms with E-state index < -0.39 is 10.0 Å². The van der Waals surface area contributed by atoms with Gasteiger partial charge in [0.15, 0.2) is 23.0 Å². The van der Waals surface area contributed by atoms with E-state index in [0.717, 1.165) is 5.56 Å². The Balaban J connectivity index is 1.36. The molecule has 10 heteroatoms. The Morgan fingerprint density at radius 3 is 2.35 bits per heavy atom. The number of carbonyl (C=O) groups excluding carboxylic acids is 1. The van der Waals surface area contributed by atoms with E-state index in [4.69, 9.17) is 18.9 Å². The van der Waals surface area contributed by atoms with Gasteiger partial charge in [0.1, 0.15) is 13.2 Å². The number of carbonyl (C=O) groups is 1. The molecule has 1 saturated heterocycles. The molecule has 0 bridgehead atoms. The monoisotopic (exact) mass is 490 g/mol. The first-order valence-corrected chi connectivity index (χ1v) is 12.7. The number of rotatable bonds is 7. The standard InChI is InChI=1S/C24H30N2O7S/c1-16(18-4-6-21-23(14-18)33-13-12-32-21)25-24(27)17-8-10-26(11-9-17)34(28,29)19-5-7-20(30-2)22(15-19)31-3/h4-7,14-17H,8-13H2,1-3H3,(H,25,27)/t16-/m0/s1. The molecule has 1 atom stereocenters. The molecule has 0 unspecified atom stereocenters. The van der Waals surface area contributed by atoms with Crippen LogP contribution in [0.15, 0.2) is 41.3 Å². The lowest BCUT2D eigenvalue weighted by molar-refractivity contribution is -0.126. The molecule has 4 rings (SSSR count). The maximum Gasteiger partial charge on any atom is 0.243 e. The van der Waals surface area contributed by atoms with E-state index in [9.17, 15) is 13.2 Å². The van der Waals surface area contributed by atoms with Crippen LogP contribution in [0.3, 0.4) is 0 Å². The summed E-state index contributed by atoms with van der Waals surface area (Å²) in [5.41, 5.74) is 0.922. The number of nitrogens with zero attached hydrogens (tertiary/aromatic N) is 1. The van der Waals surface area contributed by atoms with Crippen LogP contribution in [-0.2, 0) is 14.8 Å². The normalized spacial score (nSPS) is 17.6. The zero-order chi connectivity index (χ0) is 24.3. The second kappa shape index (κ2) is 10.1. The minimum atomic E-state index is -3.70. The van der Waals surface area contributed by atoms with E-state index in [1.165, 1.54) is 30.7 Å². The third-order valence-corrected chi connectivity index (χ3v) is 8.14. The molecule has 1 N–H and O–H groups in total. The van der Waals surface area contributed by atoms with Crippen molar-refractivity contribution in [1.82, 2.24) is 9.62 Å². The molecule has 34 heavy (non-hydrogen) atoms. The SMILES string of the molecule is COc1ccc(S(=O)(=O)N2CCC(C(=O)N[C@@H](C)c3ccc4c(c3)OCCO4)CC2)cc1OC. The van der Waals surface area contributed by atoms with E-state index >= 15 is 0 Å². The largest absolute Gasteiger partial charge is 0.493 e. The molecule has 2 aromatic rings. The molecule has 0 radical (unpaired) electrons. The fraction of sp³-hybridized carbons (Fsp3) is 0.458. The second-order valence-corrected chi connectivity index (χ2v) is 10.3. The summed E-state index contributed by atoms with van der Waals surface area (Å²) in [5.74, 6) is 1.87. The maximum absolute atomic E-state index is 13.1. The van der Waals surface area contributed by atoms with E-state index in [-0.39, 0.29) is 35.9 Å². The van der Waals surface area contributed by atoms with Crippen molar-refractivity contribution in [2.24, 2.45) is 5.92 Å². The predicted octanol–water partition coefficient (Wildman–Crippen LogP) is 2.75. The number of hydrogen-bond acceptors (Lipinski definition) is 7. The molecule has 0 aromatic heterocycles. The molecule has 0 spiro atoms. The third kappa shape index (κ3) is 4.92. The van der Waals surface area contributed by atoms with Gasteiger partial charge < -0.3 is 24.3 Å². The highest BCUT2D eigenvalue weighted by atomic mass is 32.2. The first-order valence-electron chi connectivity index (χ1n) is 11.3. The molecule has 9 nitrogen and oxygen atoms in total. The highest BCUT2D eigenvalue weighted by Crippen LogP contribution is 2.34. The highest BCUT2D eigenvalue weighted by molar-refractivity contribution is 7.89. The van der Waals surface area contributed by atoms with Crippen molar-refractivity contribution in [1.29, 1.82) is 0 Å². The summed E-state index contributed by atoms with van der Waals surface area (Å²) in [6.07, 6.45) is 0.901. The fourth-order valence-electron chi connectivity index (χ4n) is 4.23. The van der Waals surface area contributed by atoms with Crippen molar-refractivity contribution in [3.05, 3.63) is 42.0 Å². The van der Waals surface area contributed by atoms with Gasteiger partial charge in [0.25, 0.3) is 0 Å². The van der Waals surface area contributed by atoms with Gasteiger partial charge in [-0.25, -0.2) is 8.42 Å². The lowest BCUT2D eigenvalue weighted by Crippen LogP contribution is -2.43. The molecule has 2 aliphatic heterocycles. The fourth-order valence-corrected chi connectivity index (χ4v) is 5.71. The van der Waals surface area contributed by atoms with Crippen molar-refractivity contribution in [3.8, 4) is 23.0 Å². The second-order valence-electron chi connectivity index (χ2n) is 8.33. The summed E-state index contributed by atoms with van der Waals surface area (Å²) in [4.78, 5) is 13.0. The number of sulfonamides is 1. The lowest BCUT2D eigenvalue weighted by atomic mass is 9.96. The first-order chi connectivity index (χ1) is 16.3. The number of amides is 1. The first kappa shape index (κ1) is 24.2. The number of nitrogens with one attached hydrogen (secondary N) is 1. The van der Waals surface area contributed by atoms with Crippen LogP contribution in [0.1, 0.15) is 31.4 Å². The molecule has 2 aliphatic rings. The Bertz CT molecular complexity index is 1140. The van der Waals surface area contributed by atoms with Gasteiger partial charge in [-0.2, -0.15) is 4.31 Å². The van der Waals surface area contributed by atoms with Crippen LogP contribution in [0.25, 0.3) is 0 Å². The van der Waals surface area contributed by atoms with E-state index in [2.05, 4.69) is 5.32 Å². The van der Waals surface area contributed by atoms with Crippen molar-refractivity contribution in [3.63, 3.8) is 0 Å². The van der Waals surface area contributed by atoms with Crippen LogP contribution in [0.4, 0.5) is 0 Å². The Kier molecular flexibility index (Phi) is 7.18. The number of piperidine rings is 1. The molecule has 0 aliphatic carbocycles. The number of fused-ring (bicyclic) bond motifs is 1. The molecular weight excluding hydrogens is 460 g/mol. The van der Waals surface area contributed by atoms with Gasteiger partial charge in [-0.1, -0.05) is 6.07 Å². The third-order valence-electron chi connectivity index (χ3n) is 6.24. The molecule has 2 aromatic carbocycles. The van der Waals surface area contributed by atoms with Crippen LogP contribution >= 0.6 is 0 Å². The van der Waals surface area contributed by atoms with Crippen LogP contribution in [0, 0.1) is 5.92 Å². The molecule has 2 heterocycles. The van der Waals surface area contributed by atoms with Crippen LogP contribution in [0.5, 0.6) is 23.0 Å². The Morgan fingerprint density at radius 2 is 1.68 bits per heavy atom. The Hall–Kier alpha value is -2.98.